The first-order valence-electron chi connectivity index (χ1n) is 7.39. The number of aromatic nitrogens is 2. The molecule has 3 heteroatoms. The molecule has 1 aromatic heterocycles. The van der Waals surface area contributed by atoms with E-state index in [0.717, 1.165) is 24.8 Å². The van der Waals surface area contributed by atoms with Crippen molar-refractivity contribution in [2.75, 3.05) is 13.1 Å². The smallest absolute Gasteiger partial charge is 0.108 e. The average Bonchev–Trinajstić information content (AvgIpc) is 2.80. The number of fused-ring (bicyclic) bond motifs is 1. The Balaban J connectivity index is 1.61. The second kappa shape index (κ2) is 4.69. The van der Waals surface area contributed by atoms with Crippen LogP contribution < -0.4 is 5.32 Å². The third kappa shape index (κ3) is 2.33. The Labute approximate surface area is 110 Å². The van der Waals surface area contributed by atoms with Crippen molar-refractivity contribution in [2.45, 2.75) is 39.0 Å². The summed E-state index contributed by atoms with van der Waals surface area (Å²) >= 11 is 0. The Morgan fingerprint density at radius 1 is 1.44 bits per heavy atom. The Kier molecular flexibility index (Phi) is 3.18. The van der Waals surface area contributed by atoms with E-state index in [2.05, 4.69) is 35.0 Å². The number of imidazole rings is 1. The minimum atomic E-state index is 0.565. The Bertz CT molecular complexity index is 400. The number of hydrogen-bond donors (Lipinski definition) is 1. The van der Waals surface area contributed by atoms with Gasteiger partial charge in [-0.3, -0.25) is 0 Å². The predicted octanol–water partition coefficient (Wildman–Crippen LogP) is 2.38. The van der Waals surface area contributed by atoms with E-state index >= 15 is 0 Å². The van der Waals surface area contributed by atoms with Gasteiger partial charge in [0.05, 0.1) is 0 Å². The summed E-state index contributed by atoms with van der Waals surface area (Å²) in [6, 6.07) is 0. The van der Waals surface area contributed by atoms with Gasteiger partial charge in [0.15, 0.2) is 0 Å². The molecule has 2 atom stereocenters. The fraction of sp³-hybridized carbons (Fsp3) is 0.800. The summed E-state index contributed by atoms with van der Waals surface area (Å²) in [6.07, 6.45) is 10.8. The highest BCUT2D eigenvalue weighted by Crippen LogP contribution is 2.61. The predicted molar refractivity (Wildman–Crippen MR) is 73.3 cm³/mol. The molecule has 100 valence electrons. The van der Waals surface area contributed by atoms with Gasteiger partial charge >= 0.3 is 0 Å². The lowest BCUT2D eigenvalue weighted by molar-refractivity contribution is 0.230. The molecule has 1 heterocycles. The van der Waals surface area contributed by atoms with Crippen molar-refractivity contribution >= 4 is 0 Å². The molecule has 18 heavy (non-hydrogen) atoms. The summed E-state index contributed by atoms with van der Waals surface area (Å²) in [5.41, 5.74) is 0.565. The lowest BCUT2D eigenvalue weighted by atomic mass is 9.78. The summed E-state index contributed by atoms with van der Waals surface area (Å²) in [5, 5.41) is 3.59. The van der Waals surface area contributed by atoms with Crippen molar-refractivity contribution in [1.82, 2.24) is 14.9 Å². The highest BCUT2D eigenvalue weighted by atomic mass is 15.0. The molecule has 3 rings (SSSR count). The highest BCUT2D eigenvalue weighted by molar-refractivity contribution is 5.05. The zero-order valence-electron chi connectivity index (χ0n) is 11.7. The summed E-state index contributed by atoms with van der Waals surface area (Å²) in [5.74, 6) is 3.36. The fourth-order valence-corrected chi connectivity index (χ4v) is 3.85. The van der Waals surface area contributed by atoms with Crippen molar-refractivity contribution in [3.8, 4) is 0 Å². The van der Waals surface area contributed by atoms with E-state index < -0.39 is 0 Å². The fourth-order valence-electron chi connectivity index (χ4n) is 3.85. The second-order valence-corrected chi connectivity index (χ2v) is 6.40. The van der Waals surface area contributed by atoms with Gasteiger partial charge in [-0.15, -0.1) is 0 Å². The molecule has 0 radical (unpaired) electrons. The molecule has 1 N–H and O–H groups in total. The number of nitrogens with zero attached hydrogens (tertiary/aromatic N) is 2. The molecule has 0 aromatic carbocycles. The number of hydrogen-bond acceptors (Lipinski definition) is 2. The lowest BCUT2D eigenvalue weighted by Gasteiger charge is -2.31. The van der Waals surface area contributed by atoms with Gasteiger partial charge in [-0.25, -0.2) is 4.98 Å². The number of rotatable bonds is 6. The van der Waals surface area contributed by atoms with Crippen LogP contribution in [0.2, 0.25) is 0 Å². The summed E-state index contributed by atoms with van der Waals surface area (Å²) in [4.78, 5) is 4.46. The Morgan fingerprint density at radius 3 is 2.83 bits per heavy atom. The van der Waals surface area contributed by atoms with Crippen LogP contribution in [0.15, 0.2) is 12.4 Å². The maximum Gasteiger partial charge on any atom is 0.108 e. The quantitative estimate of drug-likeness (QED) is 0.836. The maximum atomic E-state index is 4.46. The van der Waals surface area contributed by atoms with Gasteiger partial charge < -0.3 is 9.88 Å². The van der Waals surface area contributed by atoms with Gasteiger partial charge in [-0.05, 0) is 49.5 Å². The minimum Gasteiger partial charge on any atom is -0.338 e. The van der Waals surface area contributed by atoms with Crippen LogP contribution in [0, 0.1) is 17.3 Å². The maximum absolute atomic E-state index is 4.46. The van der Waals surface area contributed by atoms with Crippen LogP contribution in [-0.4, -0.2) is 22.6 Å². The van der Waals surface area contributed by atoms with Gasteiger partial charge in [-0.1, -0.05) is 6.92 Å². The van der Waals surface area contributed by atoms with Gasteiger partial charge in [0.2, 0.25) is 0 Å². The van der Waals surface area contributed by atoms with Crippen molar-refractivity contribution in [3.05, 3.63) is 18.2 Å². The van der Waals surface area contributed by atoms with Crippen LogP contribution in [0.25, 0.3) is 0 Å². The molecule has 0 saturated heterocycles. The zero-order valence-corrected chi connectivity index (χ0v) is 11.7. The molecule has 0 bridgehead atoms. The van der Waals surface area contributed by atoms with Crippen LogP contribution in [0.3, 0.4) is 0 Å². The monoisotopic (exact) mass is 247 g/mol. The van der Waals surface area contributed by atoms with Crippen molar-refractivity contribution < 1.29 is 0 Å². The molecule has 2 aliphatic carbocycles. The van der Waals surface area contributed by atoms with E-state index in [1.807, 2.05) is 6.20 Å². The first-order valence-corrected chi connectivity index (χ1v) is 7.39. The molecule has 0 amide bonds. The molecular formula is C15H25N3. The number of nitrogens with one attached hydrogen (secondary N) is 1. The molecular weight excluding hydrogens is 222 g/mol. The van der Waals surface area contributed by atoms with Crippen LogP contribution in [0.5, 0.6) is 0 Å². The molecule has 2 aliphatic rings. The van der Waals surface area contributed by atoms with Crippen LogP contribution >= 0.6 is 0 Å². The summed E-state index contributed by atoms with van der Waals surface area (Å²) in [7, 11) is 2.10. The molecule has 3 nitrogen and oxygen atoms in total. The first-order chi connectivity index (χ1) is 8.72. The standard InChI is InChI=1S/C15H25N3/c1-3-16-11-15(9-12-8-13(12)10-15)5-4-14-17-6-7-18(14)2/h6-7,12-13,16H,3-5,8-11H2,1-2H3. The Hall–Kier alpha value is -0.830. The van der Waals surface area contributed by atoms with E-state index in [0.29, 0.717) is 5.41 Å². The van der Waals surface area contributed by atoms with Crippen molar-refractivity contribution in [2.24, 2.45) is 24.3 Å². The summed E-state index contributed by atoms with van der Waals surface area (Å²) in [6.45, 7) is 4.52. The normalized spacial score (nSPS) is 33.7. The van der Waals surface area contributed by atoms with Crippen LogP contribution in [-0.2, 0) is 13.5 Å². The van der Waals surface area contributed by atoms with Gasteiger partial charge in [0.1, 0.15) is 5.82 Å². The zero-order chi connectivity index (χ0) is 12.6. The van der Waals surface area contributed by atoms with E-state index in [1.165, 1.54) is 38.1 Å². The summed E-state index contributed by atoms with van der Waals surface area (Å²) < 4.78 is 2.16. The van der Waals surface area contributed by atoms with E-state index in [9.17, 15) is 0 Å². The largest absolute Gasteiger partial charge is 0.338 e. The molecule has 0 spiro atoms. The minimum absolute atomic E-state index is 0.565. The molecule has 1 aromatic rings. The molecule has 2 fully saturated rings. The molecule has 2 saturated carbocycles. The molecule has 0 aliphatic heterocycles. The topological polar surface area (TPSA) is 29.9 Å². The first kappa shape index (κ1) is 12.2. The highest BCUT2D eigenvalue weighted by Gasteiger charge is 2.52. The van der Waals surface area contributed by atoms with Crippen molar-refractivity contribution in [1.29, 1.82) is 0 Å². The SMILES string of the molecule is CCNCC1(CCc2nccn2C)CC2CC2C1. The third-order valence-electron chi connectivity index (χ3n) is 5.01. The van der Waals surface area contributed by atoms with E-state index in [4.69, 9.17) is 0 Å². The van der Waals surface area contributed by atoms with Crippen molar-refractivity contribution in [3.63, 3.8) is 0 Å². The lowest BCUT2D eigenvalue weighted by Crippen LogP contribution is -2.34. The van der Waals surface area contributed by atoms with E-state index in [-0.39, 0.29) is 0 Å². The van der Waals surface area contributed by atoms with Gasteiger partial charge in [0.25, 0.3) is 0 Å². The average molecular weight is 247 g/mol. The van der Waals surface area contributed by atoms with E-state index in [1.54, 1.807) is 0 Å². The van der Waals surface area contributed by atoms with Crippen LogP contribution in [0.1, 0.15) is 38.4 Å². The Morgan fingerprint density at radius 2 is 2.22 bits per heavy atom. The third-order valence-corrected chi connectivity index (χ3v) is 5.01. The second-order valence-electron chi connectivity index (χ2n) is 6.40. The van der Waals surface area contributed by atoms with Gasteiger partial charge in [0, 0.05) is 32.4 Å². The molecule has 2 unspecified atom stereocenters. The van der Waals surface area contributed by atoms with Gasteiger partial charge in [-0.2, -0.15) is 0 Å². The van der Waals surface area contributed by atoms with Crippen LogP contribution in [0.4, 0.5) is 0 Å². The number of aryl methyl sites for hydroxylation is 2.